The Hall–Kier alpha value is -2.67. The van der Waals surface area contributed by atoms with Gasteiger partial charge in [-0.1, -0.05) is 23.8 Å². The van der Waals surface area contributed by atoms with E-state index in [0.29, 0.717) is 23.7 Å². The van der Waals surface area contributed by atoms with Crippen LogP contribution in [0.25, 0.3) is 11.4 Å². The van der Waals surface area contributed by atoms with Crippen molar-refractivity contribution in [3.05, 3.63) is 46.4 Å². The molecule has 1 aromatic carbocycles. The minimum atomic E-state index is -0.486. The summed E-state index contributed by atoms with van der Waals surface area (Å²) in [6.45, 7) is 7.31. The molecule has 0 radical (unpaired) electrons. The van der Waals surface area contributed by atoms with Crippen LogP contribution in [0.15, 0.2) is 35.3 Å². The number of carbonyl (C=O) groups is 2. The van der Waals surface area contributed by atoms with Crippen molar-refractivity contribution in [2.24, 2.45) is 0 Å². The highest BCUT2D eigenvalue weighted by atomic mass is 35.5. The third kappa shape index (κ3) is 6.71. The second-order valence-corrected chi connectivity index (χ2v) is 8.27. The van der Waals surface area contributed by atoms with Crippen LogP contribution < -0.4 is 16.2 Å². The smallest absolute Gasteiger partial charge is 0.278 e. The molecule has 156 valence electrons. The number of nitrogens with zero attached hydrogens (tertiary/aromatic N) is 2. The molecule has 1 aromatic heterocycles. The molecule has 0 saturated heterocycles. The topological polar surface area (TPSA) is 93.1 Å². The molecular formula is C21H27ClN4O3. The third-order valence-corrected chi connectivity index (χ3v) is 4.22. The van der Waals surface area contributed by atoms with Crippen LogP contribution in [-0.4, -0.2) is 32.8 Å². The van der Waals surface area contributed by atoms with Crippen LogP contribution in [0.5, 0.6) is 0 Å². The number of alkyl halides is 1. The van der Waals surface area contributed by atoms with Crippen LogP contribution in [0.3, 0.4) is 0 Å². The van der Waals surface area contributed by atoms with Crippen LogP contribution in [0, 0.1) is 6.92 Å². The fourth-order valence-corrected chi connectivity index (χ4v) is 2.91. The Balaban J connectivity index is 2.45. The number of carbonyl (C=O) groups excluding carboxylic acids is 2. The van der Waals surface area contributed by atoms with Crippen LogP contribution in [-0.2, 0) is 16.1 Å². The van der Waals surface area contributed by atoms with Crippen molar-refractivity contribution in [1.82, 2.24) is 14.9 Å². The van der Waals surface area contributed by atoms with Gasteiger partial charge in [-0.2, -0.15) is 0 Å². The molecule has 7 nitrogen and oxygen atoms in total. The molecule has 2 rings (SSSR count). The largest absolute Gasteiger partial charge is 0.350 e. The van der Waals surface area contributed by atoms with Crippen molar-refractivity contribution in [3.8, 4) is 11.4 Å². The van der Waals surface area contributed by atoms with E-state index in [2.05, 4.69) is 15.6 Å². The molecule has 0 fully saturated rings. The van der Waals surface area contributed by atoms with Crippen molar-refractivity contribution < 1.29 is 9.59 Å². The van der Waals surface area contributed by atoms with Crippen LogP contribution in [0.1, 0.15) is 39.2 Å². The van der Waals surface area contributed by atoms with Gasteiger partial charge >= 0.3 is 0 Å². The second kappa shape index (κ2) is 9.69. The van der Waals surface area contributed by atoms with E-state index >= 15 is 0 Å². The lowest BCUT2D eigenvalue weighted by molar-refractivity contribution is -0.123. The lowest BCUT2D eigenvalue weighted by atomic mass is 10.1. The predicted molar refractivity (Wildman–Crippen MR) is 115 cm³/mol. The highest BCUT2D eigenvalue weighted by Gasteiger charge is 2.19. The summed E-state index contributed by atoms with van der Waals surface area (Å²) in [6, 6.07) is 7.51. The molecule has 0 unspecified atom stereocenters. The predicted octanol–water partition coefficient (Wildman–Crippen LogP) is 3.09. The molecule has 0 aliphatic rings. The summed E-state index contributed by atoms with van der Waals surface area (Å²) in [5.41, 5.74) is 0.821. The molecule has 0 aliphatic heterocycles. The summed E-state index contributed by atoms with van der Waals surface area (Å²) < 4.78 is 1.28. The zero-order valence-corrected chi connectivity index (χ0v) is 18.0. The maximum atomic E-state index is 13.1. The lowest BCUT2D eigenvalue weighted by Crippen LogP contribution is -2.44. The average molecular weight is 419 g/mol. The monoisotopic (exact) mass is 418 g/mol. The fraction of sp³-hybridized carbons (Fsp3) is 0.429. The first-order valence-corrected chi connectivity index (χ1v) is 9.98. The zero-order valence-electron chi connectivity index (χ0n) is 17.2. The molecule has 8 heteroatoms. The average Bonchev–Trinajstić information content (AvgIpc) is 2.62. The summed E-state index contributed by atoms with van der Waals surface area (Å²) in [4.78, 5) is 42.0. The quantitative estimate of drug-likeness (QED) is 0.675. The van der Waals surface area contributed by atoms with Crippen molar-refractivity contribution in [2.45, 2.75) is 52.6 Å². The number of aryl methyl sites for hydroxylation is 1. The number of benzene rings is 1. The Bertz CT molecular complexity index is 948. The SMILES string of the molecule is Cc1cccc(-c2ncc(NC(=O)CCCCl)c(=O)n2CC(=O)NC(C)(C)C)c1. The van der Waals surface area contributed by atoms with Crippen molar-refractivity contribution >= 4 is 29.1 Å². The van der Waals surface area contributed by atoms with Gasteiger partial charge < -0.3 is 10.6 Å². The van der Waals surface area contributed by atoms with Crippen LogP contribution in [0.4, 0.5) is 5.69 Å². The summed E-state index contributed by atoms with van der Waals surface area (Å²) in [5, 5.41) is 5.42. The molecule has 1 heterocycles. The summed E-state index contributed by atoms with van der Waals surface area (Å²) in [6.07, 6.45) is 2.04. The Morgan fingerprint density at radius 2 is 1.93 bits per heavy atom. The van der Waals surface area contributed by atoms with E-state index in [4.69, 9.17) is 11.6 Å². The number of aromatic nitrogens is 2. The molecule has 2 N–H and O–H groups in total. The molecule has 0 bridgehead atoms. The van der Waals surface area contributed by atoms with Gasteiger partial charge in [0.1, 0.15) is 18.1 Å². The Morgan fingerprint density at radius 1 is 1.21 bits per heavy atom. The molecule has 0 atom stereocenters. The van der Waals surface area contributed by atoms with Crippen molar-refractivity contribution in [2.75, 3.05) is 11.2 Å². The van der Waals surface area contributed by atoms with Gasteiger partial charge in [0.2, 0.25) is 11.8 Å². The molecule has 2 aromatic rings. The van der Waals surface area contributed by atoms with E-state index in [1.54, 1.807) is 0 Å². The molecule has 0 spiro atoms. The number of rotatable bonds is 7. The number of nitrogens with one attached hydrogen (secondary N) is 2. The number of amides is 2. The first-order valence-electron chi connectivity index (χ1n) is 9.44. The minimum absolute atomic E-state index is 0.0320. The zero-order chi connectivity index (χ0) is 21.6. The Kier molecular flexibility index (Phi) is 7.56. The molecule has 29 heavy (non-hydrogen) atoms. The molecule has 0 aliphatic carbocycles. The maximum absolute atomic E-state index is 13.1. The number of halogens is 1. The van der Waals surface area contributed by atoms with Gasteiger partial charge in [-0.3, -0.25) is 19.0 Å². The van der Waals surface area contributed by atoms with Crippen molar-refractivity contribution in [3.63, 3.8) is 0 Å². The van der Waals surface area contributed by atoms with E-state index in [0.717, 1.165) is 5.56 Å². The summed E-state index contributed by atoms with van der Waals surface area (Å²) in [7, 11) is 0. The Morgan fingerprint density at radius 3 is 2.55 bits per heavy atom. The maximum Gasteiger partial charge on any atom is 0.278 e. The van der Waals surface area contributed by atoms with Gasteiger partial charge in [0, 0.05) is 23.4 Å². The van der Waals surface area contributed by atoms with Crippen molar-refractivity contribution in [1.29, 1.82) is 0 Å². The van der Waals surface area contributed by atoms with Gasteiger partial charge in [0.05, 0.1) is 6.20 Å². The van der Waals surface area contributed by atoms with Gasteiger partial charge in [-0.25, -0.2) is 4.98 Å². The van der Waals surface area contributed by atoms with E-state index in [9.17, 15) is 14.4 Å². The molecule has 2 amide bonds. The molecular weight excluding hydrogens is 392 g/mol. The first kappa shape index (κ1) is 22.6. The van der Waals surface area contributed by atoms with E-state index in [1.165, 1.54) is 10.8 Å². The Labute approximate surface area is 175 Å². The normalized spacial score (nSPS) is 11.2. The van der Waals surface area contributed by atoms with Crippen LogP contribution >= 0.6 is 11.6 Å². The van der Waals surface area contributed by atoms with E-state index in [1.807, 2.05) is 52.0 Å². The summed E-state index contributed by atoms with van der Waals surface area (Å²) in [5.74, 6) is 0.0795. The first-order chi connectivity index (χ1) is 13.6. The molecule has 0 saturated carbocycles. The fourth-order valence-electron chi connectivity index (χ4n) is 2.78. The van der Waals surface area contributed by atoms with E-state index < -0.39 is 11.1 Å². The van der Waals surface area contributed by atoms with Crippen LogP contribution in [0.2, 0.25) is 0 Å². The van der Waals surface area contributed by atoms with Gasteiger partial charge in [-0.15, -0.1) is 11.6 Å². The standard InChI is InChI=1S/C21H27ClN4O3/c1-14-7-5-8-15(11-14)19-23-12-16(24-17(27)9-6-10-22)20(29)26(19)13-18(28)25-21(2,3)4/h5,7-8,11-12H,6,9-10,13H2,1-4H3,(H,24,27)(H,25,28). The third-order valence-electron chi connectivity index (χ3n) is 3.95. The highest BCUT2D eigenvalue weighted by molar-refractivity contribution is 6.18. The minimum Gasteiger partial charge on any atom is -0.350 e. The number of anilines is 1. The summed E-state index contributed by atoms with van der Waals surface area (Å²) >= 11 is 5.61. The lowest BCUT2D eigenvalue weighted by Gasteiger charge is -2.21. The van der Waals surface area contributed by atoms with Gasteiger partial charge in [0.25, 0.3) is 5.56 Å². The number of hydrogen-bond acceptors (Lipinski definition) is 4. The van der Waals surface area contributed by atoms with Gasteiger partial charge in [-0.05, 0) is 40.2 Å². The second-order valence-electron chi connectivity index (χ2n) is 7.90. The van der Waals surface area contributed by atoms with E-state index in [-0.39, 0.29) is 30.5 Å². The highest BCUT2D eigenvalue weighted by Crippen LogP contribution is 2.18. The number of hydrogen-bond donors (Lipinski definition) is 2. The van der Waals surface area contributed by atoms with Gasteiger partial charge in [0.15, 0.2) is 0 Å².